The van der Waals surface area contributed by atoms with E-state index in [0.717, 1.165) is 23.5 Å². The third kappa shape index (κ3) is 2.72. The second-order valence-corrected chi connectivity index (χ2v) is 6.79. The summed E-state index contributed by atoms with van der Waals surface area (Å²) in [6, 6.07) is 5.79. The number of benzene rings is 1. The molecule has 2 rings (SSSR count). The topological polar surface area (TPSA) is 63.4 Å². The summed E-state index contributed by atoms with van der Waals surface area (Å²) < 4.78 is 23.1. The molecule has 1 aromatic rings. The molecule has 0 aromatic heterocycles. The van der Waals surface area contributed by atoms with Crippen molar-refractivity contribution < 1.29 is 8.42 Å². The predicted octanol–water partition coefficient (Wildman–Crippen LogP) is 1.20. The van der Waals surface area contributed by atoms with Crippen LogP contribution in [0.15, 0.2) is 18.2 Å². The molecule has 1 heterocycles. The minimum atomic E-state index is -2.86. The quantitative estimate of drug-likeness (QED) is 0.765. The van der Waals surface area contributed by atoms with E-state index in [4.69, 9.17) is 5.73 Å². The Labute approximate surface area is 102 Å². The predicted molar refractivity (Wildman–Crippen MR) is 71.1 cm³/mol. The molecule has 0 spiro atoms. The van der Waals surface area contributed by atoms with E-state index in [-0.39, 0.29) is 5.75 Å². The molecule has 0 saturated carbocycles. The second kappa shape index (κ2) is 4.56. The molecule has 1 fully saturated rings. The lowest BCUT2D eigenvalue weighted by molar-refractivity contribution is 0.597. The van der Waals surface area contributed by atoms with Crippen LogP contribution in [-0.2, 0) is 9.84 Å². The third-order valence-corrected chi connectivity index (χ3v) is 4.96. The smallest absolute Gasteiger partial charge is 0.152 e. The third-order valence-electron chi connectivity index (χ3n) is 3.24. The molecule has 94 valence electrons. The fourth-order valence-electron chi connectivity index (χ4n) is 2.16. The van der Waals surface area contributed by atoms with Crippen molar-refractivity contribution in [2.24, 2.45) is 0 Å². The molecule has 4 nitrogen and oxygen atoms in total. The van der Waals surface area contributed by atoms with Crippen LogP contribution in [0.5, 0.6) is 0 Å². The molecule has 1 aliphatic rings. The molecule has 0 amide bonds. The van der Waals surface area contributed by atoms with Crippen LogP contribution in [0.4, 0.5) is 11.4 Å². The molecule has 0 unspecified atom stereocenters. The van der Waals surface area contributed by atoms with E-state index in [2.05, 4.69) is 4.90 Å². The Morgan fingerprint density at radius 1 is 1.24 bits per heavy atom. The van der Waals surface area contributed by atoms with Gasteiger partial charge in [0.1, 0.15) is 0 Å². The van der Waals surface area contributed by atoms with Crippen LogP contribution in [0.25, 0.3) is 0 Å². The van der Waals surface area contributed by atoms with Crippen molar-refractivity contribution in [1.29, 1.82) is 0 Å². The highest BCUT2D eigenvalue weighted by atomic mass is 32.2. The van der Waals surface area contributed by atoms with Crippen molar-refractivity contribution in [2.75, 3.05) is 35.2 Å². The molecule has 1 saturated heterocycles. The molecular weight excluding hydrogens is 236 g/mol. The van der Waals surface area contributed by atoms with Crippen LogP contribution in [0.3, 0.4) is 0 Å². The molecule has 0 aliphatic carbocycles. The summed E-state index contributed by atoms with van der Waals surface area (Å²) in [5, 5.41) is 0. The van der Waals surface area contributed by atoms with Gasteiger partial charge < -0.3 is 10.6 Å². The van der Waals surface area contributed by atoms with Gasteiger partial charge in [0, 0.05) is 24.5 Å². The molecular formula is C12H18N2O2S. The minimum Gasteiger partial charge on any atom is -0.398 e. The van der Waals surface area contributed by atoms with E-state index in [1.165, 1.54) is 0 Å². The van der Waals surface area contributed by atoms with Crippen LogP contribution in [0.2, 0.25) is 0 Å². The number of nitrogens with two attached hydrogens (primary N) is 1. The Morgan fingerprint density at radius 3 is 2.76 bits per heavy atom. The van der Waals surface area contributed by atoms with E-state index in [1.54, 1.807) is 0 Å². The van der Waals surface area contributed by atoms with Crippen LogP contribution < -0.4 is 10.6 Å². The summed E-state index contributed by atoms with van der Waals surface area (Å²) in [6.45, 7) is 3.32. The van der Waals surface area contributed by atoms with E-state index in [9.17, 15) is 8.42 Å². The first kappa shape index (κ1) is 12.2. The van der Waals surface area contributed by atoms with Crippen LogP contribution >= 0.6 is 0 Å². The molecule has 1 aliphatic heterocycles. The maximum atomic E-state index is 11.5. The Balaban J connectivity index is 2.26. The highest BCUT2D eigenvalue weighted by molar-refractivity contribution is 7.91. The number of sulfone groups is 1. The fraction of sp³-hybridized carbons (Fsp3) is 0.500. The SMILES string of the molecule is Cc1c(N)cccc1N1CCCS(=O)(=O)CC1. The standard InChI is InChI=1S/C12H18N2O2S/c1-10-11(13)4-2-5-12(10)14-6-3-8-17(15,16)9-7-14/h2,4-5H,3,6-9,13H2,1H3. The van der Waals surface area contributed by atoms with Gasteiger partial charge in [-0.15, -0.1) is 0 Å². The Hall–Kier alpha value is -1.23. The second-order valence-electron chi connectivity index (χ2n) is 4.48. The molecule has 0 atom stereocenters. The van der Waals surface area contributed by atoms with Gasteiger partial charge in [0.25, 0.3) is 0 Å². The maximum Gasteiger partial charge on any atom is 0.152 e. The Morgan fingerprint density at radius 2 is 2.00 bits per heavy atom. The van der Waals surface area contributed by atoms with Gasteiger partial charge in [-0.05, 0) is 31.0 Å². The van der Waals surface area contributed by atoms with E-state index < -0.39 is 9.84 Å². The number of hydrogen-bond donors (Lipinski definition) is 1. The molecule has 5 heteroatoms. The van der Waals surface area contributed by atoms with Gasteiger partial charge in [-0.25, -0.2) is 8.42 Å². The van der Waals surface area contributed by atoms with Crippen molar-refractivity contribution in [3.05, 3.63) is 23.8 Å². The summed E-state index contributed by atoms with van der Waals surface area (Å²) in [6.07, 6.45) is 0.691. The van der Waals surface area contributed by atoms with Crippen molar-refractivity contribution in [3.8, 4) is 0 Å². The summed E-state index contributed by atoms with van der Waals surface area (Å²) >= 11 is 0. The highest BCUT2D eigenvalue weighted by Gasteiger charge is 2.20. The average molecular weight is 254 g/mol. The Bertz CT molecular complexity index is 511. The monoisotopic (exact) mass is 254 g/mol. The van der Waals surface area contributed by atoms with Crippen molar-refractivity contribution in [1.82, 2.24) is 0 Å². The van der Waals surface area contributed by atoms with Crippen molar-refractivity contribution in [2.45, 2.75) is 13.3 Å². The molecule has 0 bridgehead atoms. The first-order valence-corrected chi connectivity index (χ1v) is 7.62. The van der Waals surface area contributed by atoms with Crippen LogP contribution in [0, 0.1) is 6.92 Å². The summed E-state index contributed by atoms with van der Waals surface area (Å²) in [5.41, 5.74) is 8.73. The lowest BCUT2D eigenvalue weighted by Crippen LogP contribution is -2.27. The fourth-order valence-corrected chi connectivity index (χ4v) is 3.43. The minimum absolute atomic E-state index is 0.237. The molecule has 17 heavy (non-hydrogen) atoms. The lowest BCUT2D eigenvalue weighted by Gasteiger charge is -2.24. The zero-order chi connectivity index (χ0) is 12.5. The first-order chi connectivity index (χ1) is 7.99. The van der Waals surface area contributed by atoms with E-state index in [0.29, 0.717) is 18.7 Å². The van der Waals surface area contributed by atoms with Crippen molar-refractivity contribution in [3.63, 3.8) is 0 Å². The van der Waals surface area contributed by atoms with Gasteiger partial charge in [-0.3, -0.25) is 0 Å². The van der Waals surface area contributed by atoms with Gasteiger partial charge >= 0.3 is 0 Å². The van der Waals surface area contributed by atoms with Gasteiger partial charge in [-0.1, -0.05) is 6.07 Å². The van der Waals surface area contributed by atoms with Gasteiger partial charge in [0.2, 0.25) is 0 Å². The summed E-state index contributed by atoms with van der Waals surface area (Å²) in [4.78, 5) is 2.12. The summed E-state index contributed by atoms with van der Waals surface area (Å²) in [7, 11) is -2.86. The Kier molecular flexibility index (Phi) is 3.28. The normalized spacial score (nSPS) is 19.9. The number of hydrogen-bond acceptors (Lipinski definition) is 4. The molecule has 1 aromatic carbocycles. The van der Waals surface area contributed by atoms with E-state index >= 15 is 0 Å². The number of nitrogen functional groups attached to an aromatic ring is 1. The maximum absolute atomic E-state index is 11.5. The number of anilines is 2. The van der Waals surface area contributed by atoms with Gasteiger partial charge in [0.05, 0.1) is 11.5 Å². The first-order valence-electron chi connectivity index (χ1n) is 5.80. The van der Waals surface area contributed by atoms with Gasteiger partial charge in [-0.2, -0.15) is 0 Å². The van der Waals surface area contributed by atoms with Gasteiger partial charge in [0.15, 0.2) is 9.84 Å². The zero-order valence-electron chi connectivity index (χ0n) is 10.0. The van der Waals surface area contributed by atoms with E-state index in [1.807, 2.05) is 25.1 Å². The highest BCUT2D eigenvalue weighted by Crippen LogP contribution is 2.25. The average Bonchev–Trinajstić information content (AvgIpc) is 2.44. The van der Waals surface area contributed by atoms with Crippen LogP contribution in [0.1, 0.15) is 12.0 Å². The summed E-state index contributed by atoms with van der Waals surface area (Å²) in [5.74, 6) is 0.534. The zero-order valence-corrected chi connectivity index (χ0v) is 10.8. The number of nitrogens with zero attached hydrogens (tertiary/aromatic N) is 1. The largest absolute Gasteiger partial charge is 0.398 e. The molecule has 2 N–H and O–H groups in total. The molecule has 0 radical (unpaired) electrons. The van der Waals surface area contributed by atoms with Crippen LogP contribution in [-0.4, -0.2) is 33.0 Å². The van der Waals surface area contributed by atoms with Crippen molar-refractivity contribution >= 4 is 21.2 Å². The lowest BCUT2D eigenvalue weighted by atomic mass is 10.1. The number of rotatable bonds is 1.